The van der Waals surface area contributed by atoms with Crippen molar-refractivity contribution in [3.63, 3.8) is 0 Å². The minimum atomic E-state index is -1.76. The van der Waals surface area contributed by atoms with E-state index in [0.717, 1.165) is 30.8 Å². The number of ether oxygens (including phenoxy) is 1. The first-order valence-corrected chi connectivity index (χ1v) is 14.6. The molecule has 0 spiro atoms. The minimum absolute atomic E-state index is 0.0327. The van der Waals surface area contributed by atoms with E-state index in [-0.39, 0.29) is 18.8 Å². The number of benzene rings is 4. The van der Waals surface area contributed by atoms with Crippen LogP contribution >= 0.6 is 31.9 Å². The summed E-state index contributed by atoms with van der Waals surface area (Å²) in [5, 5.41) is 24.6. The number of aliphatic hydroxyl groups excluding tert-OH is 1. The highest BCUT2D eigenvalue weighted by Crippen LogP contribution is 2.34. The van der Waals surface area contributed by atoms with Crippen molar-refractivity contribution in [2.75, 3.05) is 18.0 Å². The van der Waals surface area contributed by atoms with Crippen LogP contribution < -0.4 is 9.04 Å². The Morgan fingerprint density at radius 2 is 1.59 bits per heavy atom. The van der Waals surface area contributed by atoms with Gasteiger partial charge in [-0.25, -0.2) is 4.21 Å². The molecule has 0 saturated heterocycles. The van der Waals surface area contributed by atoms with Crippen LogP contribution in [0.5, 0.6) is 5.75 Å². The third-order valence-electron chi connectivity index (χ3n) is 6.35. The molecule has 0 amide bonds. The number of aromatic nitrogens is 1. The topological polar surface area (TPSA) is 97.8 Å². The van der Waals surface area contributed by atoms with E-state index in [4.69, 9.17) is 4.74 Å². The summed E-state index contributed by atoms with van der Waals surface area (Å²) in [6, 6.07) is 24.7. The van der Waals surface area contributed by atoms with Crippen LogP contribution in [0.15, 0.2) is 98.8 Å². The molecule has 0 saturated carbocycles. The average Bonchev–Trinajstić information content (AvgIpc) is 3.22. The lowest BCUT2D eigenvalue weighted by Gasteiger charge is -2.27. The Morgan fingerprint density at radius 1 is 0.974 bits per heavy atom. The summed E-state index contributed by atoms with van der Waals surface area (Å²) in [4.78, 5) is 11.0. The lowest BCUT2D eigenvalue weighted by Crippen LogP contribution is -2.36. The highest BCUT2D eigenvalue weighted by atomic mass is 79.9. The van der Waals surface area contributed by atoms with Gasteiger partial charge in [-0.1, -0.05) is 37.9 Å². The standard InChI is InChI=1S/C28H23Br2N3O5S/c1-38-23-4-2-3-21(15-23)32(39(37)24-9-7-20(8-10-24)33(35)36)17-22(34)16-31-27-11-5-18(29)13-25(27)26-14-19(30)6-12-28(26)31/h2-15,22,34H,16-17H2,1H3. The minimum Gasteiger partial charge on any atom is -0.497 e. The van der Waals surface area contributed by atoms with Crippen LogP contribution in [0.1, 0.15) is 0 Å². The molecule has 1 aromatic heterocycles. The van der Waals surface area contributed by atoms with E-state index in [9.17, 15) is 19.4 Å². The van der Waals surface area contributed by atoms with E-state index in [0.29, 0.717) is 16.3 Å². The molecule has 11 heteroatoms. The number of fused-ring (bicyclic) bond motifs is 3. The van der Waals surface area contributed by atoms with Gasteiger partial charge in [-0.05, 0) is 60.7 Å². The van der Waals surface area contributed by atoms with Crippen LogP contribution in [0.25, 0.3) is 21.8 Å². The molecular formula is C28H23Br2N3O5S. The molecule has 39 heavy (non-hydrogen) atoms. The van der Waals surface area contributed by atoms with Crippen LogP contribution in [0, 0.1) is 10.1 Å². The van der Waals surface area contributed by atoms with E-state index in [1.54, 1.807) is 35.7 Å². The van der Waals surface area contributed by atoms with Crippen molar-refractivity contribution in [1.29, 1.82) is 0 Å². The fourth-order valence-corrected chi connectivity index (χ4v) is 6.51. The summed E-state index contributed by atoms with van der Waals surface area (Å²) in [7, 11) is -0.214. The maximum atomic E-state index is 13.8. The van der Waals surface area contributed by atoms with Crippen LogP contribution in [-0.4, -0.2) is 38.6 Å². The zero-order valence-electron chi connectivity index (χ0n) is 20.7. The van der Waals surface area contributed by atoms with E-state index in [2.05, 4.69) is 48.6 Å². The summed E-state index contributed by atoms with van der Waals surface area (Å²) in [6.07, 6.45) is -0.913. The van der Waals surface area contributed by atoms with Crippen molar-refractivity contribution >= 4 is 76.0 Å². The van der Waals surface area contributed by atoms with Crippen molar-refractivity contribution in [3.8, 4) is 5.75 Å². The normalized spacial score (nSPS) is 12.9. The van der Waals surface area contributed by atoms with Gasteiger partial charge in [0, 0.05) is 49.0 Å². The fourth-order valence-electron chi connectivity index (χ4n) is 4.55. The van der Waals surface area contributed by atoms with E-state index in [1.165, 1.54) is 24.3 Å². The molecule has 1 heterocycles. The fraction of sp³-hybridized carbons (Fsp3) is 0.143. The van der Waals surface area contributed by atoms with Crippen LogP contribution in [0.3, 0.4) is 0 Å². The summed E-state index contributed by atoms with van der Waals surface area (Å²) in [5.41, 5.74) is 2.43. The molecule has 2 unspecified atom stereocenters. The predicted molar refractivity (Wildman–Crippen MR) is 161 cm³/mol. The van der Waals surface area contributed by atoms with Crippen molar-refractivity contribution in [3.05, 3.63) is 104 Å². The molecule has 200 valence electrons. The van der Waals surface area contributed by atoms with Gasteiger partial charge in [-0.2, -0.15) is 0 Å². The molecule has 0 aliphatic rings. The van der Waals surface area contributed by atoms with Gasteiger partial charge < -0.3 is 14.4 Å². The maximum Gasteiger partial charge on any atom is 0.269 e. The molecule has 1 N–H and O–H groups in total. The summed E-state index contributed by atoms with van der Waals surface area (Å²) < 4.78 is 24.7. The largest absolute Gasteiger partial charge is 0.497 e. The molecule has 4 aromatic carbocycles. The zero-order valence-corrected chi connectivity index (χ0v) is 24.6. The van der Waals surface area contributed by atoms with Crippen molar-refractivity contribution < 1.29 is 19.0 Å². The number of non-ortho nitro benzene ring substituents is 1. The van der Waals surface area contributed by atoms with Crippen LogP contribution in [0.2, 0.25) is 0 Å². The Hall–Kier alpha value is -3.25. The second kappa shape index (κ2) is 11.5. The second-order valence-electron chi connectivity index (χ2n) is 8.85. The summed E-state index contributed by atoms with van der Waals surface area (Å²) in [5.74, 6) is 0.575. The van der Waals surface area contributed by atoms with E-state index < -0.39 is 22.0 Å². The molecule has 0 radical (unpaired) electrons. The van der Waals surface area contributed by atoms with Gasteiger partial charge in [0.15, 0.2) is 11.0 Å². The monoisotopic (exact) mass is 671 g/mol. The Labute approximate surface area is 243 Å². The lowest BCUT2D eigenvalue weighted by molar-refractivity contribution is -0.384. The first-order valence-electron chi connectivity index (χ1n) is 11.9. The molecule has 0 aliphatic carbocycles. The second-order valence-corrected chi connectivity index (χ2v) is 12.1. The van der Waals surface area contributed by atoms with Crippen LogP contribution in [-0.2, 0) is 17.5 Å². The average molecular weight is 673 g/mol. The van der Waals surface area contributed by atoms with Crippen molar-refractivity contribution in [2.45, 2.75) is 17.5 Å². The predicted octanol–water partition coefficient (Wildman–Crippen LogP) is 6.83. The molecule has 0 aliphatic heterocycles. The molecule has 0 bridgehead atoms. The number of nitro groups is 1. The SMILES string of the molecule is COc1cccc(N(CC(O)Cn2c3ccc(Br)cc3c3cc(Br)ccc32)S(=O)c2ccc([N+](=O)[O-])cc2)c1. The smallest absolute Gasteiger partial charge is 0.269 e. The van der Waals surface area contributed by atoms with E-state index in [1.807, 2.05) is 24.3 Å². The first-order chi connectivity index (χ1) is 18.7. The highest BCUT2D eigenvalue weighted by molar-refractivity contribution is 9.10. The number of hydrogen-bond acceptors (Lipinski definition) is 5. The quantitative estimate of drug-likeness (QED) is 0.137. The Balaban J connectivity index is 1.51. The van der Waals surface area contributed by atoms with Gasteiger partial charge >= 0.3 is 0 Å². The first kappa shape index (κ1) is 27.3. The van der Waals surface area contributed by atoms with Crippen molar-refractivity contribution in [2.24, 2.45) is 0 Å². The number of nitro benzene ring substituents is 1. The number of nitrogens with zero attached hydrogens (tertiary/aromatic N) is 3. The highest BCUT2D eigenvalue weighted by Gasteiger charge is 2.23. The Morgan fingerprint density at radius 3 is 2.15 bits per heavy atom. The van der Waals surface area contributed by atoms with Gasteiger partial charge in [-0.3, -0.25) is 14.4 Å². The zero-order chi connectivity index (χ0) is 27.7. The number of methoxy groups -OCH3 is 1. The summed E-state index contributed by atoms with van der Waals surface area (Å²) >= 11 is 7.12. The number of anilines is 1. The van der Waals surface area contributed by atoms with Gasteiger partial charge in [-0.15, -0.1) is 0 Å². The number of aliphatic hydroxyl groups is 1. The summed E-state index contributed by atoms with van der Waals surface area (Å²) in [6.45, 7) is 0.284. The third-order valence-corrected chi connectivity index (χ3v) is 8.77. The lowest BCUT2D eigenvalue weighted by atomic mass is 10.2. The van der Waals surface area contributed by atoms with Crippen LogP contribution in [0.4, 0.5) is 11.4 Å². The Kier molecular flexibility index (Phi) is 8.03. The molecule has 5 rings (SSSR count). The molecule has 2 atom stereocenters. The molecule has 8 nitrogen and oxygen atoms in total. The number of halogens is 2. The van der Waals surface area contributed by atoms with Gasteiger partial charge in [0.1, 0.15) is 5.75 Å². The Bertz CT molecular complexity index is 1650. The van der Waals surface area contributed by atoms with Gasteiger partial charge in [0.05, 0.1) is 41.8 Å². The molecule has 5 aromatic rings. The number of hydrogen-bond donors (Lipinski definition) is 1. The molecule has 0 fully saturated rings. The van der Waals surface area contributed by atoms with Crippen molar-refractivity contribution in [1.82, 2.24) is 4.57 Å². The van der Waals surface area contributed by atoms with E-state index >= 15 is 0 Å². The molecular weight excluding hydrogens is 650 g/mol. The number of rotatable bonds is 9. The maximum absolute atomic E-state index is 13.8. The third kappa shape index (κ3) is 5.72. The van der Waals surface area contributed by atoms with Gasteiger partial charge in [0.2, 0.25) is 0 Å². The van der Waals surface area contributed by atoms with Gasteiger partial charge in [0.25, 0.3) is 5.69 Å².